The van der Waals surface area contributed by atoms with Gasteiger partial charge in [0.1, 0.15) is 12.1 Å². The highest BCUT2D eigenvalue weighted by Crippen LogP contribution is 2.12. The van der Waals surface area contributed by atoms with Gasteiger partial charge in [0, 0.05) is 6.07 Å². The lowest BCUT2D eigenvalue weighted by Crippen LogP contribution is -2.08. The maximum Gasteiger partial charge on any atom is 0.264 e. The number of hydrogen-bond acceptors (Lipinski definition) is 6. The number of nitrogens with one attached hydrogen (secondary N) is 2. The lowest BCUT2D eigenvalue weighted by molar-refractivity contribution is 0.961. The largest absolute Gasteiger partial charge is 0.277 e. The van der Waals surface area contributed by atoms with Crippen LogP contribution in [0.2, 0.25) is 0 Å². The minimum absolute atomic E-state index is 0.232. The molecule has 1 aromatic heterocycles. The third-order valence-corrected chi connectivity index (χ3v) is 2.89. The molecule has 1 aromatic carbocycles. The molecule has 7 heteroatoms. The first-order valence-corrected chi connectivity index (χ1v) is 6.61. The summed E-state index contributed by atoms with van der Waals surface area (Å²) in [6, 6.07) is 12.0. The number of rotatable bonds is 4. The van der Waals surface area contributed by atoms with E-state index in [1.165, 1.54) is 6.07 Å². The van der Waals surface area contributed by atoms with Gasteiger partial charge < -0.3 is 0 Å². The summed E-state index contributed by atoms with van der Waals surface area (Å²) in [5, 5.41) is 27.2. The molecule has 0 fully saturated rings. The maximum atomic E-state index is 11.1. The van der Waals surface area contributed by atoms with Gasteiger partial charge in [0.2, 0.25) is 5.71 Å². The fourth-order valence-corrected chi connectivity index (χ4v) is 1.71. The number of hydrogen-bond donors (Lipinski definition) is 2. The van der Waals surface area contributed by atoms with E-state index in [0.29, 0.717) is 11.4 Å². The van der Waals surface area contributed by atoms with Crippen molar-refractivity contribution in [3.8, 4) is 12.1 Å². The van der Waals surface area contributed by atoms with E-state index in [1.807, 2.05) is 25.1 Å². The van der Waals surface area contributed by atoms with Gasteiger partial charge in [-0.25, -0.2) is 5.10 Å². The Morgan fingerprint density at radius 1 is 1.26 bits per heavy atom. The number of aromatic amines is 1. The van der Waals surface area contributed by atoms with Gasteiger partial charge in [0.25, 0.3) is 5.56 Å². The van der Waals surface area contributed by atoms with E-state index in [9.17, 15) is 4.79 Å². The molecule has 2 rings (SSSR count). The summed E-state index contributed by atoms with van der Waals surface area (Å²) in [5.41, 5.74) is 5.21. The number of anilines is 1. The Balaban J connectivity index is 2.10. The van der Waals surface area contributed by atoms with E-state index < -0.39 is 0 Å². The zero-order chi connectivity index (χ0) is 16.7. The van der Waals surface area contributed by atoms with Crippen LogP contribution in [-0.2, 0) is 0 Å². The first-order valence-electron chi connectivity index (χ1n) is 6.61. The molecule has 7 nitrogen and oxygen atoms in total. The van der Waals surface area contributed by atoms with E-state index in [0.717, 1.165) is 11.1 Å². The van der Waals surface area contributed by atoms with E-state index in [-0.39, 0.29) is 11.3 Å². The molecule has 0 saturated heterocycles. The quantitative estimate of drug-likeness (QED) is 0.662. The van der Waals surface area contributed by atoms with Gasteiger partial charge in [-0.3, -0.25) is 10.2 Å². The van der Waals surface area contributed by atoms with Crippen LogP contribution in [0.5, 0.6) is 0 Å². The lowest BCUT2D eigenvalue weighted by atomic mass is 10.1. The summed E-state index contributed by atoms with van der Waals surface area (Å²) in [7, 11) is 0. The Kier molecular flexibility index (Phi) is 5.00. The molecule has 0 saturated carbocycles. The Morgan fingerprint density at radius 3 is 2.57 bits per heavy atom. The van der Waals surface area contributed by atoms with E-state index in [4.69, 9.17) is 10.5 Å². The van der Waals surface area contributed by atoms with Gasteiger partial charge in [-0.1, -0.05) is 18.2 Å². The molecule has 0 amide bonds. The molecule has 0 aliphatic carbocycles. The van der Waals surface area contributed by atoms with Gasteiger partial charge >= 0.3 is 0 Å². The first kappa shape index (κ1) is 15.7. The van der Waals surface area contributed by atoms with Crippen molar-refractivity contribution in [1.82, 2.24) is 10.2 Å². The van der Waals surface area contributed by atoms with Crippen LogP contribution in [0.1, 0.15) is 16.8 Å². The molecule has 112 valence electrons. The third-order valence-electron chi connectivity index (χ3n) is 2.89. The second-order valence-electron chi connectivity index (χ2n) is 4.55. The van der Waals surface area contributed by atoms with Crippen LogP contribution in [0.15, 0.2) is 40.2 Å². The maximum absolute atomic E-state index is 11.1. The van der Waals surface area contributed by atoms with Gasteiger partial charge in [-0.05, 0) is 36.3 Å². The third kappa shape index (κ3) is 4.38. The van der Waals surface area contributed by atoms with E-state index in [2.05, 4.69) is 20.7 Å². The van der Waals surface area contributed by atoms with Crippen molar-refractivity contribution in [3.63, 3.8) is 0 Å². The molecule has 0 atom stereocenters. The Hall–Kier alpha value is -3.71. The van der Waals surface area contributed by atoms with Crippen molar-refractivity contribution in [3.05, 3.63) is 57.5 Å². The molecule has 0 aliphatic rings. The van der Waals surface area contributed by atoms with Gasteiger partial charge in [-0.2, -0.15) is 20.7 Å². The van der Waals surface area contributed by atoms with Crippen molar-refractivity contribution in [2.75, 3.05) is 5.43 Å². The average Bonchev–Trinajstić information content (AvgIpc) is 2.56. The second kappa shape index (κ2) is 7.34. The Labute approximate surface area is 132 Å². The van der Waals surface area contributed by atoms with Crippen LogP contribution in [-0.4, -0.2) is 15.9 Å². The van der Waals surface area contributed by atoms with E-state index in [1.54, 1.807) is 30.3 Å². The highest BCUT2D eigenvalue weighted by Gasteiger charge is 1.97. The average molecular weight is 304 g/mol. The molecule has 0 radical (unpaired) electrons. The number of aromatic nitrogens is 2. The normalized spacial score (nSPS) is 9.87. The zero-order valence-electron chi connectivity index (χ0n) is 12.2. The van der Waals surface area contributed by atoms with Crippen LogP contribution >= 0.6 is 0 Å². The number of hydrazone groups is 1. The fourth-order valence-electron chi connectivity index (χ4n) is 1.71. The van der Waals surface area contributed by atoms with Crippen molar-refractivity contribution in [2.24, 2.45) is 5.10 Å². The topological polar surface area (TPSA) is 118 Å². The molecule has 23 heavy (non-hydrogen) atoms. The zero-order valence-corrected chi connectivity index (χ0v) is 12.2. The number of benzene rings is 1. The van der Waals surface area contributed by atoms with Gasteiger partial charge in [0.15, 0.2) is 0 Å². The number of nitriles is 2. The number of aryl methyl sites for hydroxylation is 1. The summed E-state index contributed by atoms with van der Waals surface area (Å²) < 4.78 is 0. The minimum atomic E-state index is -0.242. The molecule has 0 bridgehead atoms. The van der Waals surface area contributed by atoms with Crippen molar-refractivity contribution < 1.29 is 0 Å². The molecule has 0 unspecified atom stereocenters. The minimum Gasteiger partial charge on any atom is -0.277 e. The summed E-state index contributed by atoms with van der Waals surface area (Å²) in [6.45, 7) is 1.81. The van der Waals surface area contributed by atoms with Crippen LogP contribution in [0, 0.1) is 29.6 Å². The van der Waals surface area contributed by atoms with Gasteiger partial charge in [-0.15, -0.1) is 0 Å². The van der Waals surface area contributed by atoms with Crippen LogP contribution in [0.4, 0.5) is 5.69 Å². The smallest absolute Gasteiger partial charge is 0.264 e. The highest BCUT2D eigenvalue weighted by atomic mass is 16.1. The van der Waals surface area contributed by atoms with Crippen LogP contribution < -0.4 is 11.0 Å². The number of nitrogens with zero attached hydrogens (tertiary/aromatic N) is 4. The second-order valence-corrected chi connectivity index (χ2v) is 4.55. The molecule has 0 aliphatic heterocycles. The molecular formula is C16H12N6O. The Morgan fingerprint density at radius 2 is 1.96 bits per heavy atom. The monoisotopic (exact) mass is 304 g/mol. The predicted molar refractivity (Wildman–Crippen MR) is 87.2 cm³/mol. The summed E-state index contributed by atoms with van der Waals surface area (Å²) in [4.78, 5) is 11.1. The molecular weight excluding hydrogens is 292 g/mol. The fraction of sp³-hybridized carbons (Fsp3) is 0.0625. The van der Waals surface area contributed by atoms with Crippen molar-refractivity contribution in [2.45, 2.75) is 6.92 Å². The summed E-state index contributed by atoms with van der Waals surface area (Å²) >= 11 is 0. The SMILES string of the molecule is Cc1cc(=O)[nH]nc1/C=C/c1ccc(NN=C(C#N)C#N)cc1. The van der Waals surface area contributed by atoms with Crippen molar-refractivity contribution in [1.29, 1.82) is 10.5 Å². The van der Waals surface area contributed by atoms with Crippen molar-refractivity contribution >= 4 is 23.6 Å². The van der Waals surface area contributed by atoms with Crippen LogP contribution in [0.25, 0.3) is 12.2 Å². The summed E-state index contributed by atoms with van der Waals surface area (Å²) in [5.74, 6) is 0. The van der Waals surface area contributed by atoms with Gasteiger partial charge in [0.05, 0.1) is 11.4 Å². The standard InChI is InChI=1S/C16H12N6O/c1-11-8-16(23)22-21-15(11)7-4-12-2-5-13(6-3-12)19-20-14(9-17)10-18/h2-8,19H,1H3,(H,22,23)/b7-4+. The summed E-state index contributed by atoms with van der Waals surface area (Å²) in [6.07, 6.45) is 3.66. The predicted octanol–water partition coefficient (Wildman–Crippen LogP) is 2.06. The van der Waals surface area contributed by atoms with E-state index >= 15 is 0 Å². The lowest BCUT2D eigenvalue weighted by Gasteiger charge is -2.01. The molecule has 2 aromatic rings. The highest BCUT2D eigenvalue weighted by molar-refractivity contribution is 6.10. The molecule has 1 heterocycles. The molecule has 0 spiro atoms. The Bertz CT molecular complexity index is 878. The number of H-pyrrole nitrogens is 1. The van der Waals surface area contributed by atoms with Crippen LogP contribution in [0.3, 0.4) is 0 Å². The molecule has 2 N–H and O–H groups in total. The first-order chi connectivity index (χ1) is 11.1.